The van der Waals surface area contributed by atoms with Gasteiger partial charge in [-0.05, 0) is 13.1 Å². The Bertz CT molecular complexity index is 292. The molecule has 0 saturated carbocycles. The van der Waals surface area contributed by atoms with E-state index in [9.17, 15) is 4.39 Å². The summed E-state index contributed by atoms with van der Waals surface area (Å²) in [5, 5.41) is 0. The molecule has 0 amide bonds. The van der Waals surface area contributed by atoms with Gasteiger partial charge in [-0.3, -0.25) is 0 Å². The largest absolute Gasteiger partial charge is 0.476 e. The first kappa shape index (κ1) is 11.8. The van der Waals surface area contributed by atoms with Gasteiger partial charge in [0.2, 0.25) is 11.8 Å². The molecule has 1 aromatic heterocycles. The molecule has 1 aromatic rings. The zero-order valence-corrected chi connectivity index (χ0v) is 9.11. The molecule has 0 aliphatic carbocycles. The smallest absolute Gasteiger partial charge is 0.219 e. The zero-order valence-electron chi connectivity index (χ0n) is 9.11. The summed E-state index contributed by atoms with van der Waals surface area (Å²) < 4.78 is 17.9. The highest BCUT2D eigenvalue weighted by molar-refractivity contribution is 5.05. The predicted molar refractivity (Wildman–Crippen MR) is 55.3 cm³/mol. The minimum Gasteiger partial charge on any atom is -0.476 e. The number of hydrogen-bond acceptors (Lipinski definition) is 4. The van der Waals surface area contributed by atoms with E-state index in [1.807, 2.05) is 0 Å². The topological polar surface area (TPSA) is 38.2 Å². The van der Waals surface area contributed by atoms with Crippen LogP contribution in [0.2, 0.25) is 0 Å². The van der Waals surface area contributed by atoms with E-state index in [1.54, 1.807) is 0 Å². The zero-order chi connectivity index (χ0) is 11.1. The van der Waals surface area contributed by atoms with E-state index in [0.29, 0.717) is 6.61 Å². The maximum absolute atomic E-state index is 12.6. The lowest BCUT2D eigenvalue weighted by Crippen LogP contribution is -2.28. The fourth-order valence-electron chi connectivity index (χ4n) is 1.22. The van der Waals surface area contributed by atoms with E-state index >= 15 is 0 Å². The third-order valence-electron chi connectivity index (χ3n) is 2.16. The molecule has 0 aliphatic rings. The number of nitrogens with zero attached hydrogens (tertiary/aromatic N) is 3. The number of halogens is 1. The first-order valence-electron chi connectivity index (χ1n) is 5.09. The van der Waals surface area contributed by atoms with Crippen molar-refractivity contribution in [3.8, 4) is 5.88 Å². The lowest BCUT2D eigenvalue weighted by molar-refractivity contribution is 0.217. The molecule has 0 fully saturated rings. The maximum Gasteiger partial charge on any atom is 0.219 e. The van der Waals surface area contributed by atoms with Crippen LogP contribution in [-0.4, -0.2) is 41.1 Å². The Labute approximate surface area is 89.1 Å². The second-order valence-electron chi connectivity index (χ2n) is 3.05. The molecule has 0 aromatic carbocycles. The van der Waals surface area contributed by atoms with Crippen molar-refractivity contribution in [1.29, 1.82) is 0 Å². The summed E-state index contributed by atoms with van der Waals surface area (Å²) in [4.78, 5) is 9.36. The van der Waals surface area contributed by atoms with Crippen LogP contribution in [0.15, 0.2) is 12.4 Å². The standard InChI is InChI=1S/C10H16FN3O/c1-3-14(4-2)5-6-15-10-7-9(11)12-8-13-10/h7-8H,3-6H2,1-2H3. The van der Waals surface area contributed by atoms with Crippen LogP contribution in [0.1, 0.15) is 13.8 Å². The Kier molecular flexibility index (Phi) is 4.97. The van der Waals surface area contributed by atoms with Crippen LogP contribution in [0.3, 0.4) is 0 Å². The fourth-order valence-corrected chi connectivity index (χ4v) is 1.22. The normalized spacial score (nSPS) is 10.7. The van der Waals surface area contributed by atoms with Gasteiger partial charge < -0.3 is 9.64 Å². The van der Waals surface area contributed by atoms with Crippen LogP contribution in [-0.2, 0) is 0 Å². The third kappa shape index (κ3) is 4.20. The summed E-state index contributed by atoms with van der Waals surface area (Å²) in [7, 11) is 0. The number of hydrogen-bond donors (Lipinski definition) is 0. The van der Waals surface area contributed by atoms with Gasteiger partial charge in [0.1, 0.15) is 12.9 Å². The Morgan fingerprint density at radius 3 is 2.67 bits per heavy atom. The van der Waals surface area contributed by atoms with E-state index in [1.165, 1.54) is 6.07 Å². The second-order valence-corrected chi connectivity index (χ2v) is 3.05. The van der Waals surface area contributed by atoms with Crippen LogP contribution in [0, 0.1) is 5.95 Å². The molecule has 0 bridgehead atoms. The van der Waals surface area contributed by atoms with Gasteiger partial charge in [-0.25, -0.2) is 9.97 Å². The molecular formula is C10H16FN3O. The van der Waals surface area contributed by atoms with Gasteiger partial charge in [0.05, 0.1) is 6.07 Å². The molecule has 1 rings (SSSR count). The molecule has 15 heavy (non-hydrogen) atoms. The van der Waals surface area contributed by atoms with E-state index < -0.39 is 5.95 Å². The van der Waals surface area contributed by atoms with E-state index in [-0.39, 0.29) is 5.88 Å². The Balaban J connectivity index is 2.31. The van der Waals surface area contributed by atoms with Crippen molar-refractivity contribution in [2.24, 2.45) is 0 Å². The summed E-state index contributed by atoms with van der Waals surface area (Å²) >= 11 is 0. The maximum atomic E-state index is 12.6. The Morgan fingerprint density at radius 1 is 1.33 bits per heavy atom. The SMILES string of the molecule is CCN(CC)CCOc1cc(F)ncn1. The molecule has 4 nitrogen and oxygen atoms in total. The van der Waals surface area contributed by atoms with E-state index in [4.69, 9.17) is 4.74 Å². The van der Waals surface area contributed by atoms with Gasteiger partial charge >= 0.3 is 0 Å². The van der Waals surface area contributed by atoms with Crippen molar-refractivity contribution in [3.05, 3.63) is 18.3 Å². The summed E-state index contributed by atoms with van der Waals surface area (Å²) in [5.74, 6) is -0.280. The molecule has 5 heteroatoms. The van der Waals surface area contributed by atoms with Crippen molar-refractivity contribution in [2.45, 2.75) is 13.8 Å². The highest BCUT2D eigenvalue weighted by Crippen LogP contribution is 2.04. The van der Waals surface area contributed by atoms with Crippen LogP contribution < -0.4 is 4.74 Å². The third-order valence-corrected chi connectivity index (χ3v) is 2.16. The minimum absolute atomic E-state index is 0.287. The van der Waals surface area contributed by atoms with E-state index in [2.05, 4.69) is 28.7 Å². The Morgan fingerprint density at radius 2 is 2.07 bits per heavy atom. The molecule has 0 radical (unpaired) electrons. The lowest BCUT2D eigenvalue weighted by Gasteiger charge is -2.17. The molecule has 0 spiro atoms. The lowest BCUT2D eigenvalue weighted by atomic mass is 10.5. The van der Waals surface area contributed by atoms with Crippen molar-refractivity contribution in [3.63, 3.8) is 0 Å². The molecule has 0 N–H and O–H groups in total. The second kappa shape index (κ2) is 6.29. The highest BCUT2D eigenvalue weighted by atomic mass is 19.1. The van der Waals surface area contributed by atoms with Crippen LogP contribution in [0.25, 0.3) is 0 Å². The van der Waals surface area contributed by atoms with Gasteiger partial charge in [0, 0.05) is 6.54 Å². The van der Waals surface area contributed by atoms with Crippen LogP contribution in [0.5, 0.6) is 5.88 Å². The summed E-state index contributed by atoms with van der Waals surface area (Å²) in [6.07, 6.45) is 1.15. The van der Waals surface area contributed by atoms with Gasteiger partial charge in [-0.15, -0.1) is 0 Å². The van der Waals surface area contributed by atoms with Crippen molar-refractivity contribution in [1.82, 2.24) is 14.9 Å². The number of likely N-dealkylation sites (N-methyl/N-ethyl adjacent to an activating group) is 1. The first-order chi connectivity index (χ1) is 7.26. The monoisotopic (exact) mass is 213 g/mol. The van der Waals surface area contributed by atoms with Crippen LogP contribution >= 0.6 is 0 Å². The number of ether oxygens (including phenoxy) is 1. The number of rotatable bonds is 6. The number of aromatic nitrogens is 2. The Hall–Kier alpha value is -1.23. The van der Waals surface area contributed by atoms with Crippen molar-refractivity contribution < 1.29 is 9.13 Å². The average Bonchev–Trinajstić information content (AvgIpc) is 2.25. The summed E-state index contributed by atoms with van der Waals surface area (Å²) in [5.41, 5.74) is 0. The van der Waals surface area contributed by atoms with Crippen molar-refractivity contribution in [2.75, 3.05) is 26.2 Å². The van der Waals surface area contributed by atoms with Crippen LogP contribution in [0.4, 0.5) is 4.39 Å². The molecule has 0 unspecified atom stereocenters. The molecule has 84 valence electrons. The molecule has 1 heterocycles. The van der Waals surface area contributed by atoms with E-state index in [0.717, 1.165) is 26.0 Å². The van der Waals surface area contributed by atoms with Gasteiger partial charge in [-0.1, -0.05) is 13.8 Å². The molecule has 0 saturated heterocycles. The fraction of sp³-hybridized carbons (Fsp3) is 0.600. The van der Waals surface area contributed by atoms with Gasteiger partial charge in [0.15, 0.2) is 0 Å². The molecule has 0 atom stereocenters. The first-order valence-corrected chi connectivity index (χ1v) is 5.09. The summed E-state index contributed by atoms with van der Waals surface area (Å²) in [6, 6.07) is 1.18. The quantitative estimate of drug-likeness (QED) is 0.668. The van der Waals surface area contributed by atoms with Gasteiger partial charge in [0.25, 0.3) is 0 Å². The van der Waals surface area contributed by atoms with Crippen molar-refractivity contribution >= 4 is 0 Å². The van der Waals surface area contributed by atoms with Gasteiger partial charge in [-0.2, -0.15) is 4.39 Å². The predicted octanol–water partition coefficient (Wildman–Crippen LogP) is 1.34. The average molecular weight is 213 g/mol. The molecular weight excluding hydrogens is 197 g/mol. The highest BCUT2D eigenvalue weighted by Gasteiger charge is 2.01. The summed E-state index contributed by atoms with van der Waals surface area (Å²) in [6.45, 7) is 7.48. The molecule has 0 aliphatic heterocycles. The minimum atomic E-state index is -0.567.